The smallest absolute Gasteiger partial charge is 0.433 e. The molecule has 0 aliphatic rings. The number of hydrogen-bond acceptors (Lipinski definition) is 3. The van der Waals surface area contributed by atoms with Crippen LogP contribution >= 0.6 is 0 Å². The molecule has 2 aromatic heterocycles. The predicted octanol–water partition coefficient (Wildman–Crippen LogP) is 3.52. The molecule has 0 saturated heterocycles. The fourth-order valence-corrected chi connectivity index (χ4v) is 1.68. The highest BCUT2D eigenvalue weighted by Crippen LogP contribution is 2.43. The molecule has 2 rings (SSSR count). The summed E-state index contributed by atoms with van der Waals surface area (Å²) in [4.78, 5) is 3.60. The lowest BCUT2D eigenvalue weighted by Gasteiger charge is -2.11. The highest BCUT2D eigenvalue weighted by atomic mass is 19.4. The van der Waals surface area contributed by atoms with Gasteiger partial charge in [-0.05, 0) is 6.07 Å². The average Bonchev–Trinajstić information content (AvgIpc) is 2.83. The van der Waals surface area contributed by atoms with Gasteiger partial charge in [-0.2, -0.15) is 31.4 Å². The van der Waals surface area contributed by atoms with Crippen molar-refractivity contribution in [2.24, 2.45) is 0 Å². The molecule has 0 atom stereocenters. The number of nitrogens with one attached hydrogen (secondary N) is 1. The lowest BCUT2D eigenvalue weighted by molar-refractivity contribution is -0.163. The maximum Gasteiger partial charge on any atom is 0.433 e. The lowest BCUT2D eigenvalue weighted by Crippen LogP contribution is -2.16. The highest BCUT2D eigenvalue weighted by Gasteiger charge is 2.48. The van der Waals surface area contributed by atoms with E-state index in [-0.39, 0.29) is 11.4 Å². The van der Waals surface area contributed by atoms with Crippen molar-refractivity contribution in [3.8, 4) is 17.1 Å². The summed E-state index contributed by atoms with van der Waals surface area (Å²) in [6.45, 7) is 0. The van der Waals surface area contributed by atoms with E-state index < -0.39 is 29.3 Å². The Morgan fingerprint density at radius 2 is 1.76 bits per heavy atom. The summed E-state index contributed by atoms with van der Waals surface area (Å²) in [6, 6.07) is 2.40. The first-order valence-corrected chi connectivity index (χ1v) is 5.37. The van der Waals surface area contributed by atoms with Crippen molar-refractivity contribution in [2.75, 3.05) is 7.11 Å². The van der Waals surface area contributed by atoms with Gasteiger partial charge < -0.3 is 4.74 Å². The zero-order valence-electron chi connectivity index (χ0n) is 10.3. The second kappa shape index (κ2) is 4.93. The van der Waals surface area contributed by atoms with Gasteiger partial charge in [0, 0.05) is 12.3 Å². The van der Waals surface area contributed by atoms with E-state index in [1.807, 2.05) is 0 Å². The van der Waals surface area contributed by atoms with E-state index in [1.165, 1.54) is 18.3 Å². The minimum absolute atomic E-state index is 0.143. The standard InChI is InChI=1S/C11H7F6N3O/c1-21-5-2-3-18-6(4-5)8-7(10(12,13)14)9(20-19-8)11(15,16)17/h2-4H,1H3,(H,19,20). The molecule has 0 aliphatic heterocycles. The fourth-order valence-electron chi connectivity index (χ4n) is 1.68. The van der Waals surface area contributed by atoms with Crippen LogP contribution in [0.15, 0.2) is 18.3 Å². The molecule has 0 bridgehead atoms. The number of halogens is 6. The van der Waals surface area contributed by atoms with Gasteiger partial charge >= 0.3 is 12.4 Å². The normalized spacial score (nSPS) is 12.5. The molecule has 2 heterocycles. The van der Waals surface area contributed by atoms with Gasteiger partial charge in [-0.1, -0.05) is 0 Å². The van der Waals surface area contributed by atoms with Gasteiger partial charge in [0.1, 0.15) is 17.0 Å². The highest BCUT2D eigenvalue weighted by molar-refractivity contribution is 5.62. The van der Waals surface area contributed by atoms with E-state index in [4.69, 9.17) is 4.74 Å². The molecule has 0 saturated carbocycles. The second-order valence-corrected chi connectivity index (χ2v) is 3.90. The molecule has 0 amide bonds. The molecule has 0 aromatic carbocycles. The number of aromatic amines is 1. The molecule has 10 heteroatoms. The Morgan fingerprint density at radius 1 is 1.10 bits per heavy atom. The van der Waals surface area contributed by atoms with E-state index in [2.05, 4.69) is 10.1 Å². The van der Waals surface area contributed by atoms with Crippen LogP contribution in [-0.2, 0) is 12.4 Å². The van der Waals surface area contributed by atoms with Crippen LogP contribution in [0, 0.1) is 0 Å². The summed E-state index contributed by atoms with van der Waals surface area (Å²) in [5.74, 6) is 0.143. The van der Waals surface area contributed by atoms with Crippen molar-refractivity contribution >= 4 is 0 Å². The third-order valence-corrected chi connectivity index (χ3v) is 2.54. The van der Waals surface area contributed by atoms with Crippen molar-refractivity contribution in [3.05, 3.63) is 29.6 Å². The Bertz CT molecular complexity index is 646. The molecule has 2 aromatic rings. The van der Waals surface area contributed by atoms with Gasteiger partial charge in [-0.25, -0.2) is 0 Å². The molecule has 0 fully saturated rings. The minimum atomic E-state index is -5.24. The number of methoxy groups -OCH3 is 1. The lowest BCUT2D eigenvalue weighted by atomic mass is 10.1. The number of rotatable bonds is 2. The summed E-state index contributed by atoms with van der Waals surface area (Å²) in [5.41, 5.74) is -5.19. The molecular formula is C11H7F6N3O. The van der Waals surface area contributed by atoms with Crippen LogP contribution in [0.4, 0.5) is 26.3 Å². The number of H-pyrrole nitrogens is 1. The number of nitrogens with zero attached hydrogens (tertiary/aromatic N) is 2. The molecule has 0 unspecified atom stereocenters. The Morgan fingerprint density at radius 3 is 2.29 bits per heavy atom. The first kappa shape index (κ1) is 15.1. The average molecular weight is 311 g/mol. The van der Waals surface area contributed by atoms with Crippen LogP contribution in [0.3, 0.4) is 0 Å². The number of hydrogen-bond donors (Lipinski definition) is 1. The maximum atomic E-state index is 12.9. The topological polar surface area (TPSA) is 50.8 Å². The molecule has 0 spiro atoms. The molecule has 1 N–H and O–H groups in total. The first-order chi connectivity index (χ1) is 9.64. The largest absolute Gasteiger partial charge is 0.497 e. The SMILES string of the molecule is COc1ccnc(-c2n[nH]c(C(F)(F)F)c2C(F)(F)F)c1. The Balaban J connectivity index is 2.67. The molecule has 0 radical (unpaired) electrons. The third kappa shape index (κ3) is 2.93. The van der Waals surface area contributed by atoms with E-state index in [9.17, 15) is 26.3 Å². The third-order valence-electron chi connectivity index (χ3n) is 2.54. The van der Waals surface area contributed by atoms with Gasteiger partial charge in [0.25, 0.3) is 0 Å². The minimum Gasteiger partial charge on any atom is -0.497 e. The Labute approximate surface area is 113 Å². The van der Waals surface area contributed by atoms with Gasteiger partial charge in [0.15, 0.2) is 5.69 Å². The molecular weight excluding hydrogens is 304 g/mol. The van der Waals surface area contributed by atoms with Crippen LogP contribution in [0.5, 0.6) is 5.75 Å². The van der Waals surface area contributed by atoms with Crippen LogP contribution in [0.1, 0.15) is 11.3 Å². The van der Waals surface area contributed by atoms with E-state index in [0.29, 0.717) is 0 Å². The van der Waals surface area contributed by atoms with E-state index >= 15 is 0 Å². The summed E-state index contributed by atoms with van der Waals surface area (Å²) in [5, 5.41) is 4.49. The predicted molar refractivity (Wildman–Crippen MR) is 58.4 cm³/mol. The maximum absolute atomic E-state index is 12.9. The van der Waals surface area contributed by atoms with Crippen LogP contribution in [-0.4, -0.2) is 22.3 Å². The van der Waals surface area contributed by atoms with Crippen LogP contribution < -0.4 is 4.74 Å². The zero-order valence-corrected chi connectivity index (χ0v) is 10.3. The van der Waals surface area contributed by atoms with Gasteiger partial charge in [-0.15, -0.1) is 0 Å². The number of alkyl halides is 6. The summed E-state index contributed by atoms with van der Waals surface area (Å²) >= 11 is 0. The van der Waals surface area contributed by atoms with Crippen LogP contribution in [0.2, 0.25) is 0 Å². The fraction of sp³-hybridized carbons (Fsp3) is 0.273. The van der Waals surface area contributed by atoms with E-state index in [1.54, 1.807) is 0 Å². The van der Waals surface area contributed by atoms with Crippen LogP contribution in [0.25, 0.3) is 11.4 Å². The van der Waals surface area contributed by atoms with Crippen molar-refractivity contribution in [1.29, 1.82) is 0 Å². The zero-order chi connectivity index (χ0) is 15.8. The summed E-state index contributed by atoms with van der Waals surface area (Å²) in [7, 11) is 1.26. The quantitative estimate of drug-likeness (QED) is 0.863. The number of ether oxygens (including phenoxy) is 1. The monoisotopic (exact) mass is 311 g/mol. The van der Waals surface area contributed by atoms with Crippen molar-refractivity contribution in [1.82, 2.24) is 15.2 Å². The van der Waals surface area contributed by atoms with Crippen molar-refractivity contribution < 1.29 is 31.1 Å². The molecule has 4 nitrogen and oxygen atoms in total. The summed E-state index contributed by atoms with van der Waals surface area (Å²) < 4.78 is 81.5. The van der Waals surface area contributed by atoms with Gasteiger partial charge in [0.2, 0.25) is 0 Å². The molecule has 114 valence electrons. The van der Waals surface area contributed by atoms with Crippen molar-refractivity contribution in [2.45, 2.75) is 12.4 Å². The van der Waals surface area contributed by atoms with E-state index in [0.717, 1.165) is 12.3 Å². The molecule has 0 aliphatic carbocycles. The summed E-state index contributed by atoms with van der Waals surface area (Å²) in [6.07, 6.45) is -9.34. The number of pyridine rings is 1. The van der Waals surface area contributed by atoms with Gasteiger partial charge in [0.05, 0.1) is 12.8 Å². The second-order valence-electron chi connectivity index (χ2n) is 3.90. The van der Waals surface area contributed by atoms with Crippen molar-refractivity contribution in [3.63, 3.8) is 0 Å². The Kier molecular flexibility index (Phi) is 3.56. The number of aromatic nitrogens is 3. The first-order valence-electron chi connectivity index (χ1n) is 5.37. The molecule has 21 heavy (non-hydrogen) atoms. The Hall–Kier alpha value is -2.26. The van der Waals surface area contributed by atoms with Gasteiger partial charge in [-0.3, -0.25) is 10.1 Å².